The molecule has 0 aliphatic heterocycles. The van der Waals surface area contributed by atoms with E-state index < -0.39 is 0 Å². The molecular weight excluding hydrogens is 200 g/mol. The van der Waals surface area contributed by atoms with Gasteiger partial charge in [0, 0.05) is 36.7 Å². The summed E-state index contributed by atoms with van der Waals surface area (Å²) in [5.41, 5.74) is 9.17. The maximum absolute atomic E-state index is 7.21. The number of rotatable bonds is 4. The molecule has 2 aromatic rings. The van der Waals surface area contributed by atoms with Gasteiger partial charge < -0.3 is 4.57 Å². The summed E-state index contributed by atoms with van der Waals surface area (Å²) >= 11 is 0. The maximum Gasteiger partial charge on any atom is 0.0956 e. The van der Waals surface area contributed by atoms with Gasteiger partial charge in [0.15, 0.2) is 0 Å². The Bertz CT molecular complexity index is 435. The molecule has 0 spiro atoms. The van der Waals surface area contributed by atoms with Gasteiger partial charge in [-0.25, -0.2) is 4.98 Å². The van der Waals surface area contributed by atoms with Crippen molar-refractivity contribution in [2.45, 2.75) is 19.4 Å². The fourth-order valence-corrected chi connectivity index (χ4v) is 1.60. The highest BCUT2D eigenvalue weighted by atomic mass is 15.1. The molecule has 1 N–H and O–H groups in total. The highest BCUT2D eigenvalue weighted by molar-refractivity contribution is 5.56. The molecule has 0 amide bonds. The summed E-state index contributed by atoms with van der Waals surface area (Å²) in [5.74, 6) is 0. The number of nitrogens with zero attached hydrogens (tertiary/aromatic N) is 3. The first kappa shape index (κ1) is 10.8. The molecule has 0 aliphatic carbocycles. The highest BCUT2D eigenvalue weighted by Crippen LogP contribution is 2.18. The van der Waals surface area contributed by atoms with E-state index >= 15 is 0 Å². The molecule has 4 heteroatoms. The van der Waals surface area contributed by atoms with Gasteiger partial charge >= 0.3 is 0 Å². The lowest BCUT2D eigenvalue weighted by Crippen LogP contribution is -2.04. The predicted octanol–water partition coefficient (Wildman–Crippen LogP) is 2.18. The molecule has 1 unspecified atom stereocenters. The summed E-state index contributed by atoms with van der Waals surface area (Å²) in [6, 6.07) is 4.23. The van der Waals surface area contributed by atoms with Gasteiger partial charge in [-0.3, -0.25) is 10.7 Å². The first-order valence-corrected chi connectivity index (χ1v) is 5.39. The van der Waals surface area contributed by atoms with Crippen LogP contribution in [0, 0.1) is 0 Å². The minimum atomic E-state index is 0.329. The number of hydrogen-bond donors (Lipinski definition) is 0. The Morgan fingerprint density at radius 1 is 1.50 bits per heavy atom. The second kappa shape index (κ2) is 4.90. The van der Waals surface area contributed by atoms with Crippen LogP contribution in [0.5, 0.6) is 0 Å². The topological polar surface area (TPSA) is 54.5 Å². The number of nitrogens with one attached hydrogen (secondary N) is 1. The third kappa shape index (κ3) is 2.28. The van der Waals surface area contributed by atoms with Crippen LogP contribution in [0.25, 0.3) is 11.3 Å². The summed E-state index contributed by atoms with van der Waals surface area (Å²) < 4.78 is 2.05. The number of pyridine rings is 1. The van der Waals surface area contributed by atoms with E-state index in [0.717, 1.165) is 17.7 Å². The number of aromatic nitrogens is 3. The number of imidazole rings is 1. The van der Waals surface area contributed by atoms with E-state index in [1.165, 1.54) is 0 Å². The summed E-state index contributed by atoms with van der Waals surface area (Å²) in [4.78, 5) is 8.42. The lowest BCUT2D eigenvalue weighted by molar-refractivity contribution is 0.510. The van der Waals surface area contributed by atoms with Crippen molar-refractivity contribution in [1.29, 1.82) is 0 Å². The lowest BCUT2D eigenvalue weighted by Gasteiger charge is -2.10. The van der Waals surface area contributed by atoms with Crippen molar-refractivity contribution >= 4 is 0 Å². The van der Waals surface area contributed by atoms with Crippen LogP contribution >= 0.6 is 0 Å². The normalized spacial score (nSPS) is 12.6. The third-order valence-electron chi connectivity index (χ3n) is 2.63. The van der Waals surface area contributed by atoms with Crippen LogP contribution in [0.1, 0.15) is 19.4 Å². The molecule has 0 aliphatic rings. The maximum atomic E-state index is 7.21. The average Bonchev–Trinajstić information content (AvgIpc) is 2.80. The molecule has 16 heavy (non-hydrogen) atoms. The van der Waals surface area contributed by atoms with Crippen molar-refractivity contribution in [2.75, 3.05) is 6.54 Å². The number of hydrogen-bond acceptors (Lipinski definition) is 2. The Hall–Kier alpha value is -1.68. The van der Waals surface area contributed by atoms with Gasteiger partial charge in [0.25, 0.3) is 0 Å². The van der Waals surface area contributed by atoms with E-state index in [9.17, 15) is 0 Å². The van der Waals surface area contributed by atoms with Crippen LogP contribution in [-0.2, 0) is 0 Å². The molecule has 0 fully saturated rings. The second-order valence-corrected chi connectivity index (χ2v) is 3.84. The Morgan fingerprint density at radius 3 is 3.06 bits per heavy atom. The average molecular weight is 215 g/mol. The Labute approximate surface area is 95.1 Å². The van der Waals surface area contributed by atoms with E-state index in [-0.39, 0.29) is 0 Å². The predicted molar refractivity (Wildman–Crippen MR) is 62.7 cm³/mol. The molecule has 83 valence electrons. The summed E-state index contributed by atoms with van der Waals surface area (Å²) in [6.07, 6.45) is 8.24. The largest absolute Gasteiger partial charge is 0.334 e. The summed E-state index contributed by atoms with van der Waals surface area (Å²) in [7, 11) is 0. The molecule has 2 heterocycles. The molecule has 0 saturated carbocycles. The van der Waals surface area contributed by atoms with Crippen molar-refractivity contribution in [3.8, 4) is 11.3 Å². The smallest absolute Gasteiger partial charge is 0.0956 e. The molecule has 0 aromatic carbocycles. The Kier molecular flexibility index (Phi) is 3.31. The summed E-state index contributed by atoms with van der Waals surface area (Å²) in [6.45, 7) is 2.55. The molecule has 0 saturated heterocycles. The van der Waals surface area contributed by atoms with Gasteiger partial charge in [0.05, 0.1) is 12.0 Å². The minimum Gasteiger partial charge on any atom is -0.334 e. The quantitative estimate of drug-likeness (QED) is 0.784. The van der Waals surface area contributed by atoms with Crippen molar-refractivity contribution in [3.63, 3.8) is 0 Å². The third-order valence-corrected chi connectivity index (χ3v) is 2.63. The van der Waals surface area contributed by atoms with Crippen molar-refractivity contribution in [3.05, 3.63) is 37.1 Å². The van der Waals surface area contributed by atoms with Gasteiger partial charge in [-0.05, 0) is 25.5 Å². The Balaban J connectivity index is 2.20. The summed E-state index contributed by atoms with van der Waals surface area (Å²) in [5, 5.41) is 0. The molecule has 4 nitrogen and oxygen atoms in total. The fourth-order valence-electron chi connectivity index (χ4n) is 1.60. The Morgan fingerprint density at radius 2 is 2.38 bits per heavy atom. The molecule has 0 bridgehead atoms. The molecule has 2 rings (SSSR count). The zero-order chi connectivity index (χ0) is 11.4. The van der Waals surface area contributed by atoms with Crippen molar-refractivity contribution in [2.24, 2.45) is 0 Å². The van der Waals surface area contributed by atoms with E-state index in [2.05, 4.69) is 21.5 Å². The minimum absolute atomic E-state index is 0.329. The van der Waals surface area contributed by atoms with E-state index in [0.29, 0.717) is 12.6 Å². The first-order valence-electron chi connectivity index (χ1n) is 5.39. The van der Waals surface area contributed by atoms with Gasteiger partial charge in [-0.1, -0.05) is 0 Å². The SMILES string of the molecule is CC(CC[NH])n1cnc(-c2cccnc2)c1. The van der Waals surface area contributed by atoms with E-state index in [1.807, 2.05) is 30.9 Å². The van der Waals surface area contributed by atoms with Crippen molar-refractivity contribution < 1.29 is 0 Å². The van der Waals surface area contributed by atoms with Crippen LogP contribution in [-0.4, -0.2) is 21.1 Å². The lowest BCUT2D eigenvalue weighted by atomic mass is 10.2. The van der Waals surface area contributed by atoms with Crippen LogP contribution in [0.2, 0.25) is 0 Å². The van der Waals surface area contributed by atoms with Gasteiger partial charge in [0.1, 0.15) is 0 Å². The van der Waals surface area contributed by atoms with Crippen molar-refractivity contribution in [1.82, 2.24) is 20.3 Å². The van der Waals surface area contributed by atoms with Crippen LogP contribution in [0.3, 0.4) is 0 Å². The van der Waals surface area contributed by atoms with Gasteiger partial charge in [0.2, 0.25) is 0 Å². The van der Waals surface area contributed by atoms with Crippen LogP contribution < -0.4 is 5.73 Å². The second-order valence-electron chi connectivity index (χ2n) is 3.84. The standard InChI is InChI=1S/C12H15N4/c1-10(4-5-13)16-8-12(15-9-16)11-3-2-6-14-7-11/h2-3,6-10,13H,4-5H2,1H3. The highest BCUT2D eigenvalue weighted by Gasteiger charge is 2.06. The zero-order valence-electron chi connectivity index (χ0n) is 9.30. The zero-order valence-corrected chi connectivity index (χ0v) is 9.30. The monoisotopic (exact) mass is 215 g/mol. The van der Waals surface area contributed by atoms with Crippen LogP contribution in [0.15, 0.2) is 37.1 Å². The van der Waals surface area contributed by atoms with E-state index in [1.54, 1.807) is 6.20 Å². The van der Waals surface area contributed by atoms with E-state index in [4.69, 9.17) is 5.73 Å². The molecule has 1 atom stereocenters. The van der Waals surface area contributed by atoms with Crippen LogP contribution in [0.4, 0.5) is 0 Å². The molecular formula is C12H15N4. The van der Waals surface area contributed by atoms with Gasteiger partial charge in [-0.15, -0.1) is 0 Å². The molecule has 2 aromatic heterocycles. The van der Waals surface area contributed by atoms with Gasteiger partial charge in [-0.2, -0.15) is 0 Å². The molecule has 1 radical (unpaired) electrons. The fraction of sp³-hybridized carbons (Fsp3) is 0.333. The first-order chi connectivity index (χ1) is 7.81.